The van der Waals surface area contributed by atoms with Gasteiger partial charge >= 0.3 is 59.3 Å². The molecule has 8 heavy (non-hydrogen) atoms. The maximum absolute atomic E-state index is 5.06. The van der Waals surface area contributed by atoms with Gasteiger partial charge in [-0.1, -0.05) is 0 Å². The molecule has 0 saturated carbocycles. The summed E-state index contributed by atoms with van der Waals surface area (Å²) in [7, 11) is 0. The van der Waals surface area contributed by atoms with Crippen molar-refractivity contribution in [2.75, 3.05) is 0 Å². The van der Waals surface area contributed by atoms with E-state index in [0.29, 0.717) is 0 Å². The van der Waals surface area contributed by atoms with E-state index in [-0.39, 0.29) is 0 Å². The van der Waals surface area contributed by atoms with Crippen molar-refractivity contribution >= 4 is 4.31 Å². The first-order valence-electron chi connectivity index (χ1n) is 2.38. The van der Waals surface area contributed by atoms with Crippen LogP contribution >= 0.6 is 0 Å². The minimum atomic E-state index is 0.947. The van der Waals surface area contributed by atoms with Crippen LogP contribution in [0, 0.1) is 6.92 Å². The number of aryl methyl sites for hydroxylation is 1. The molecule has 2 heteroatoms. The summed E-state index contributed by atoms with van der Waals surface area (Å²) in [5, 5.41) is 0. The number of furan rings is 1. The number of rotatable bonds is 1. The zero-order valence-corrected chi connectivity index (χ0v) is 6.20. The van der Waals surface area contributed by atoms with Gasteiger partial charge in [-0.25, -0.2) is 0 Å². The van der Waals surface area contributed by atoms with Gasteiger partial charge in [0.2, 0.25) is 0 Å². The fourth-order valence-corrected chi connectivity index (χ4v) is 0.765. The van der Waals surface area contributed by atoms with Crippen molar-refractivity contribution in [3.63, 3.8) is 0 Å². The van der Waals surface area contributed by atoms with Gasteiger partial charge in [0.25, 0.3) is 0 Å². The molecule has 0 spiro atoms. The third kappa shape index (κ3) is 1.18. The van der Waals surface area contributed by atoms with E-state index in [4.69, 9.17) is 4.42 Å². The number of hydrogen-bond acceptors (Lipinski definition) is 1. The Hall–Kier alpha value is -0.136. The van der Waals surface area contributed by atoms with Gasteiger partial charge in [0.1, 0.15) is 0 Å². The molecule has 0 unspecified atom stereocenters. The molecule has 0 aliphatic carbocycles. The summed E-state index contributed by atoms with van der Waals surface area (Å²) in [5.74, 6) is 0.947. The Morgan fingerprint density at radius 2 is 2.50 bits per heavy atom. The summed E-state index contributed by atoms with van der Waals surface area (Å²) < 4.78 is 7.00. The Morgan fingerprint density at radius 1 is 1.75 bits per heavy atom. The number of hydrogen-bond donors (Lipinski definition) is 0. The van der Waals surface area contributed by atoms with E-state index in [0.717, 1.165) is 5.76 Å². The van der Waals surface area contributed by atoms with Crippen molar-refractivity contribution < 1.29 is 24.4 Å². The first kappa shape index (κ1) is 5.99. The Labute approximate surface area is 59.6 Å². The van der Waals surface area contributed by atoms with Gasteiger partial charge in [-0.2, -0.15) is 0 Å². The van der Waals surface area contributed by atoms with Crippen molar-refractivity contribution in [2.24, 2.45) is 0 Å². The summed E-state index contributed by atoms with van der Waals surface area (Å²) in [6.45, 7) is 2.01. The molecular formula is C6H6OTi. The maximum atomic E-state index is 5.06. The molecule has 0 aliphatic heterocycles. The van der Waals surface area contributed by atoms with E-state index in [1.807, 2.05) is 37.3 Å². The zero-order valence-electron chi connectivity index (χ0n) is 4.64. The van der Waals surface area contributed by atoms with E-state index < -0.39 is 0 Å². The molecule has 1 nitrogen and oxygen atoms in total. The molecule has 1 aromatic rings. The van der Waals surface area contributed by atoms with E-state index in [2.05, 4.69) is 0 Å². The van der Waals surface area contributed by atoms with Crippen LogP contribution in [0.3, 0.4) is 0 Å². The van der Waals surface area contributed by atoms with Crippen LogP contribution in [0.25, 0.3) is 0 Å². The fourth-order valence-electron chi connectivity index (χ4n) is 0.529. The van der Waals surface area contributed by atoms with Crippen molar-refractivity contribution in [1.29, 1.82) is 0 Å². The topological polar surface area (TPSA) is 13.1 Å². The average Bonchev–Trinajstić information content (AvgIpc) is 2.14. The molecule has 1 aromatic heterocycles. The SMILES string of the molecule is Cc1coc([CH]=[Ti])c1. The molecule has 0 aliphatic rings. The van der Waals surface area contributed by atoms with E-state index in [1.165, 1.54) is 5.56 Å². The van der Waals surface area contributed by atoms with Crippen molar-refractivity contribution in [2.45, 2.75) is 6.92 Å². The average molecular weight is 142 g/mol. The van der Waals surface area contributed by atoms with Crippen molar-refractivity contribution in [3.8, 4) is 0 Å². The summed E-state index contributed by atoms with van der Waals surface area (Å²) in [4.78, 5) is 0. The molecule has 0 amide bonds. The van der Waals surface area contributed by atoms with Crippen LogP contribution in [0.4, 0.5) is 0 Å². The molecule has 0 radical (unpaired) electrons. The van der Waals surface area contributed by atoms with Crippen LogP contribution in [0.5, 0.6) is 0 Å². The molecule has 0 saturated heterocycles. The van der Waals surface area contributed by atoms with Crippen LogP contribution in [0.15, 0.2) is 16.7 Å². The van der Waals surface area contributed by atoms with Gasteiger partial charge < -0.3 is 0 Å². The molecule has 40 valence electrons. The molecule has 0 aromatic carbocycles. The third-order valence-corrected chi connectivity index (χ3v) is 1.34. The summed E-state index contributed by atoms with van der Waals surface area (Å²) in [5.41, 5.74) is 1.18. The molecule has 0 fully saturated rings. The van der Waals surface area contributed by atoms with Gasteiger partial charge in [-0.15, -0.1) is 0 Å². The molecule has 0 N–H and O–H groups in total. The molecule has 0 atom stereocenters. The van der Waals surface area contributed by atoms with Gasteiger partial charge in [0.05, 0.1) is 0 Å². The minimum absolute atomic E-state index is 0.947. The second-order valence-corrected chi connectivity index (χ2v) is 2.12. The Morgan fingerprint density at radius 3 is 2.75 bits per heavy atom. The molecule has 1 heterocycles. The monoisotopic (exact) mass is 142 g/mol. The quantitative estimate of drug-likeness (QED) is 0.538. The predicted octanol–water partition coefficient (Wildman–Crippen LogP) is 1.29. The van der Waals surface area contributed by atoms with E-state index >= 15 is 0 Å². The first-order valence-corrected chi connectivity index (χ1v) is 3.28. The van der Waals surface area contributed by atoms with Crippen molar-refractivity contribution in [3.05, 3.63) is 23.7 Å². The Kier molecular flexibility index (Phi) is 1.82. The summed E-state index contributed by atoms with van der Waals surface area (Å²) in [6, 6.07) is 2.00. The Bertz CT molecular complexity index is 190. The predicted molar refractivity (Wildman–Crippen MR) is 28.6 cm³/mol. The normalized spacial score (nSPS) is 9.00. The van der Waals surface area contributed by atoms with Gasteiger partial charge in [-0.3, -0.25) is 0 Å². The molecule has 0 bridgehead atoms. The van der Waals surface area contributed by atoms with Gasteiger partial charge in [-0.05, 0) is 0 Å². The van der Waals surface area contributed by atoms with Crippen LogP contribution in [0.2, 0.25) is 0 Å². The van der Waals surface area contributed by atoms with E-state index in [9.17, 15) is 0 Å². The first-order chi connectivity index (χ1) is 3.83. The second kappa shape index (κ2) is 2.43. The van der Waals surface area contributed by atoms with Gasteiger partial charge in [0.15, 0.2) is 0 Å². The molecular weight excluding hydrogens is 136 g/mol. The van der Waals surface area contributed by atoms with Crippen LogP contribution in [-0.2, 0) is 20.0 Å². The van der Waals surface area contributed by atoms with Gasteiger partial charge in [0, 0.05) is 0 Å². The zero-order chi connectivity index (χ0) is 5.98. The van der Waals surface area contributed by atoms with Crippen LogP contribution < -0.4 is 0 Å². The second-order valence-electron chi connectivity index (χ2n) is 1.67. The summed E-state index contributed by atoms with van der Waals surface area (Å²) in [6.07, 6.45) is 1.75. The van der Waals surface area contributed by atoms with E-state index in [1.54, 1.807) is 6.26 Å². The molecule has 1 rings (SSSR count). The van der Waals surface area contributed by atoms with Crippen molar-refractivity contribution in [1.82, 2.24) is 0 Å². The van der Waals surface area contributed by atoms with Crippen LogP contribution in [0.1, 0.15) is 11.3 Å². The summed E-state index contributed by atoms with van der Waals surface area (Å²) >= 11 is 1.96. The Balaban J connectivity index is 3.00. The third-order valence-electron chi connectivity index (χ3n) is 0.893. The van der Waals surface area contributed by atoms with Crippen LogP contribution in [-0.4, -0.2) is 4.31 Å². The standard InChI is InChI=1S/C6H6O.Ti/c1-5-3-6(2)7-4-5;/h2-4H,1H3;. The fraction of sp³-hybridized carbons (Fsp3) is 0.167.